The Bertz CT molecular complexity index is 513. The fourth-order valence-electron chi connectivity index (χ4n) is 1.84. The van der Waals surface area contributed by atoms with Crippen molar-refractivity contribution in [3.05, 3.63) is 39.7 Å². The van der Waals surface area contributed by atoms with Gasteiger partial charge in [-0.3, -0.25) is 0 Å². The number of hydrogen-bond donors (Lipinski definition) is 1. The maximum absolute atomic E-state index is 5.89. The Morgan fingerprint density at radius 3 is 2.80 bits per heavy atom. The summed E-state index contributed by atoms with van der Waals surface area (Å²) in [6, 6.07) is 7.80. The van der Waals surface area contributed by atoms with Crippen molar-refractivity contribution in [2.75, 3.05) is 26.8 Å². The molecule has 0 saturated carbocycles. The Labute approximate surface area is 129 Å². The van der Waals surface area contributed by atoms with Gasteiger partial charge in [0.05, 0.1) is 10.7 Å². The Hall–Kier alpha value is -0.940. The molecular weight excluding hydrogens is 292 g/mol. The van der Waals surface area contributed by atoms with E-state index in [-0.39, 0.29) is 0 Å². The molecule has 1 aromatic carbocycles. The minimum absolute atomic E-state index is 0.754. The van der Waals surface area contributed by atoms with Crippen molar-refractivity contribution >= 4 is 22.9 Å². The Kier molecular flexibility index (Phi) is 6.47. The summed E-state index contributed by atoms with van der Waals surface area (Å²) in [6.07, 6.45) is 2.01. The van der Waals surface area contributed by atoms with Crippen LogP contribution in [0.4, 0.5) is 0 Å². The molecule has 0 aliphatic rings. The number of nitrogens with one attached hydrogen (secondary N) is 1. The summed E-state index contributed by atoms with van der Waals surface area (Å²) in [5.41, 5.74) is 2.14. The van der Waals surface area contributed by atoms with Crippen molar-refractivity contribution in [3.63, 3.8) is 0 Å². The number of aromatic nitrogens is 1. The van der Waals surface area contributed by atoms with Crippen molar-refractivity contribution in [2.24, 2.45) is 0 Å². The molecule has 0 radical (unpaired) electrons. The summed E-state index contributed by atoms with van der Waals surface area (Å²) < 4.78 is 5.01. The van der Waals surface area contributed by atoms with Crippen LogP contribution in [0.25, 0.3) is 11.3 Å². The standard InChI is InChI=1S/C15H19ClN2OS/c1-19-10-2-8-17-9-7-15-18-14(11-20-15)12-3-5-13(16)6-4-12/h3-6,11,17H,2,7-10H2,1H3. The molecule has 0 unspecified atom stereocenters. The third-order valence-electron chi connectivity index (χ3n) is 2.91. The number of rotatable bonds is 8. The highest BCUT2D eigenvalue weighted by Gasteiger charge is 2.04. The lowest BCUT2D eigenvalue weighted by atomic mass is 10.2. The second-order valence-electron chi connectivity index (χ2n) is 4.48. The van der Waals surface area contributed by atoms with Gasteiger partial charge in [0.25, 0.3) is 0 Å². The summed E-state index contributed by atoms with van der Waals surface area (Å²) in [6.45, 7) is 2.76. The summed E-state index contributed by atoms with van der Waals surface area (Å²) in [7, 11) is 1.73. The highest BCUT2D eigenvalue weighted by molar-refractivity contribution is 7.09. The molecule has 1 heterocycles. The predicted octanol–water partition coefficient (Wildman–Crippen LogP) is 3.63. The minimum atomic E-state index is 0.754. The first-order valence-corrected chi connectivity index (χ1v) is 7.95. The molecule has 20 heavy (non-hydrogen) atoms. The van der Waals surface area contributed by atoms with Crippen molar-refractivity contribution in [2.45, 2.75) is 12.8 Å². The number of halogens is 1. The van der Waals surface area contributed by atoms with Crippen molar-refractivity contribution in [3.8, 4) is 11.3 Å². The highest BCUT2D eigenvalue weighted by Crippen LogP contribution is 2.23. The van der Waals surface area contributed by atoms with Crippen LogP contribution < -0.4 is 5.32 Å². The zero-order chi connectivity index (χ0) is 14.2. The number of methoxy groups -OCH3 is 1. The van der Waals surface area contributed by atoms with Crippen molar-refractivity contribution in [1.29, 1.82) is 0 Å². The Morgan fingerprint density at radius 2 is 2.05 bits per heavy atom. The van der Waals surface area contributed by atoms with Crippen LogP contribution in [0.2, 0.25) is 5.02 Å². The van der Waals surface area contributed by atoms with Gasteiger partial charge in [-0.1, -0.05) is 23.7 Å². The lowest BCUT2D eigenvalue weighted by Gasteiger charge is -2.02. The van der Waals surface area contributed by atoms with Crippen LogP contribution >= 0.6 is 22.9 Å². The molecule has 2 aromatic rings. The maximum atomic E-state index is 5.89. The molecule has 1 aromatic heterocycles. The molecular formula is C15H19ClN2OS. The van der Waals surface area contributed by atoms with E-state index in [9.17, 15) is 0 Å². The summed E-state index contributed by atoms with van der Waals surface area (Å²) in [5, 5.41) is 7.41. The van der Waals surface area contributed by atoms with Crippen LogP contribution in [0.3, 0.4) is 0 Å². The van der Waals surface area contributed by atoms with Gasteiger partial charge >= 0.3 is 0 Å². The first-order chi connectivity index (χ1) is 9.79. The lowest BCUT2D eigenvalue weighted by Crippen LogP contribution is -2.19. The van der Waals surface area contributed by atoms with Crippen LogP contribution in [-0.2, 0) is 11.2 Å². The van der Waals surface area contributed by atoms with Gasteiger partial charge in [-0.15, -0.1) is 11.3 Å². The maximum Gasteiger partial charge on any atom is 0.0945 e. The molecule has 0 atom stereocenters. The lowest BCUT2D eigenvalue weighted by molar-refractivity contribution is 0.194. The van der Waals surface area contributed by atoms with E-state index in [1.807, 2.05) is 24.3 Å². The first-order valence-electron chi connectivity index (χ1n) is 6.69. The molecule has 108 valence electrons. The number of thiazole rings is 1. The van der Waals surface area contributed by atoms with Crippen LogP contribution in [-0.4, -0.2) is 31.8 Å². The van der Waals surface area contributed by atoms with E-state index in [0.717, 1.165) is 53.8 Å². The zero-order valence-corrected chi connectivity index (χ0v) is 13.1. The monoisotopic (exact) mass is 310 g/mol. The summed E-state index contributed by atoms with van der Waals surface area (Å²) in [5.74, 6) is 0. The van der Waals surface area contributed by atoms with Gasteiger partial charge in [0.2, 0.25) is 0 Å². The summed E-state index contributed by atoms with van der Waals surface area (Å²) >= 11 is 7.60. The molecule has 1 N–H and O–H groups in total. The molecule has 0 saturated heterocycles. The zero-order valence-electron chi connectivity index (χ0n) is 11.6. The predicted molar refractivity (Wildman–Crippen MR) is 85.6 cm³/mol. The van der Waals surface area contributed by atoms with Crippen LogP contribution in [0, 0.1) is 0 Å². The van der Waals surface area contributed by atoms with Gasteiger partial charge in [0.1, 0.15) is 0 Å². The second-order valence-corrected chi connectivity index (χ2v) is 5.86. The molecule has 0 fully saturated rings. The van der Waals surface area contributed by atoms with Gasteiger partial charge in [-0.2, -0.15) is 0 Å². The second kappa shape index (κ2) is 8.37. The first kappa shape index (κ1) is 15.4. The van der Waals surface area contributed by atoms with Gasteiger partial charge in [-0.05, 0) is 25.1 Å². The minimum Gasteiger partial charge on any atom is -0.385 e. The van der Waals surface area contributed by atoms with Crippen molar-refractivity contribution in [1.82, 2.24) is 10.3 Å². The average molecular weight is 311 g/mol. The van der Waals surface area contributed by atoms with Crippen molar-refractivity contribution < 1.29 is 4.74 Å². The quantitative estimate of drug-likeness (QED) is 0.756. The molecule has 0 aliphatic heterocycles. The number of benzene rings is 1. The number of hydrogen-bond acceptors (Lipinski definition) is 4. The van der Waals surface area contributed by atoms with E-state index in [0.29, 0.717) is 0 Å². The Morgan fingerprint density at radius 1 is 1.25 bits per heavy atom. The van der Waals surface area contributed by atoms with Gasteiger partial charge in [0, 0.05) is 42.6 Å². The van der Waals surface area contributed by atoms with Crippen LogP contribution in [0.5, 0.6) is 0 Å². The van der Waals surface area contributed by atoms with Gasteiger partial charge < -0.3 is 10.1 Å². The molecule has 0 amide bonds. The van der Waals surface area contributed by atoms with Crippen LogP contribution in [0.1, 0.15) is 11.4 Å². The number of ether oxygens (including phenoxy) is 1. The molecule has 0 spiro atoms. The van der Waals surface area contributed by atoms with E-state index in [1.165, 1.54) is 0 Å². The molecule has 0 bridgehead atoms. The molecule has 0 aliphatic carbocycles. The molecule has 5 heteroatoms. The molecule has 2 rings (SSSR count). The topological polar surface area (TPSA) is 34.1 Å². The third-order valence-corrected chi connectivity index (χ3v) is 4.07. The number of nitrogens with zero attached hydrogens (tertiary/aromatic N) is 1. The smallest absolute Gasteiger partial charge is 0.0945 e. The Balaban J connectivity index is 1.79. The summed E-state index contributed by atoms with van der Waals surface area (Å²) in [4.78, 5) is 4.65. The average Bonchev–Trinajstić information content (AvgIpc) is 2.92. The fourth-order valence-corrected chi connectivity index (χ4v) is 2.77. The van der Waals surface area contributed by atoms with E-state index >= 15 is 0 Å². The van der Waals surface area contributed by atoms with E-state index in [2.05, 4.69) is 15.7 Å². The van der Waals surface area contributed by atoms with E-state index < -0.39 is 0 Å². The van der Waals surface area contributed by atoms with E-state index in [4.69, 9.17) is 16.3 Å². The third kappa shape index (κ3) is 4.87. The SMILES string of the molecule is COCCCNCCc1nc(-c2ccc(Cl)cc2)cs1. The fraction of sp³-hybridized carbons (Fsp3) is 0.400. The molecule has 3 nitrogen and oxygen atoms in total. The highest BCUT2D eigenvalue weighted by atomic mass is 35.5. The normalized spacial score (nSPS) is 10.9. The van der Waals surface area contributed by atoms with E-state index in [1.54, 1.807) is 18.4 Å². The van der Waals surface area contributed by atoms with Gasteiger partial charge in [-0.25, -0.2) is 4.98 Å². The largest absolute Gasteiger partial charge is 0.385 e. The van der Waals surface area contributed by atoms with Crippen LogP contribution in [0.15, 0.2) is 29.6 Å². The van der Waals surface area contributed by atoms with Gasteiger partial charge in [0.15, 0.2) is 0 Å².